The summed E-state index contributed by atoms with van der Waals surface area (Å²) in [4.78, 5) is 17.2. The van der Waals surface area contributed by atoms with Crippen molar-refractivity contribution in [3.63, 3.8) is 0 Å². The summed E-state index contributed by atoms with van der Waals surface area (Å²) in [5, 5.41) is 10.9. The third-order valence-electron chi connectivity index (χ3n) is 7.85. The number of nitrogens with zero attached hydrogens (tertiary/aromatic N) is 3. The maximum absolute atomic E-state index is 15.4. The van der Waals surface area contributed by atoms with Gasteiger partial charge in [-0.15, -0.1) is 11.8 Å². The fourth-order valence-electron chi connectivity index (χ4n) is 5.29. The molecule has 1 unspecified atom stereocenters. The lowest BCUT2D eigenvalue weighted by molar-refractivity contribution is -0.137. The number of fused-ring (bicyclic) bond motifs is 1. The molecule has 280 valence electrons. The minimum atomic E-state index is -5.45. The van der Waals surface area contributed by atoms with Gasteiger partial charge >= 0.3 is 6.18 Å². The van der Waals surface area contributed by atoms with Crippen LogP contribution in [0.15, 0.2) is 95.7 Å². The van der Waals surface area contributed by atoms with Gasteiger partial charge in [0.15, 0.2) is 11.6 Å². The molecular formula is C41H42F5N3O3S. The topological polar surface area (TPSA) is 56.3 Å². The fourth-order valence-corrected chi connectivity index (χ4v) is 6.28. The molecule has 0 saturated carbocycles. The second-order valence-electron chi connectivity index (χ2n) is 11.4. The third kappa shape index (κ3) is 9.29. The van der Waals surface area contributed by atoms with Crippen molar-refractivity contribution in [1.29, 1.82) is 0 Å². The number of likely N-dealkylation sites (tertiary alicyclic amines) is 1. The van der Waals surface area contributed by atoms with Gasteiger partial charge in [0.1, 0.15) is 12.6 Å². The number of carbonyl (C=O) groups is 1. The molecule has 4 aromatic carbocycles. The summed E-state index contributed by atoms with van der Waals surface area (Å²) in [5.41, 5.74) is -7.97. The smallest absolute Gasteiger partial charge is 0.384 e. The molecule has 53 heavy (non-hydrogen) atoms. The predicted molar refractivity (Wildman–Crippen MR) is 198 cm³/mol. The molecule has 0 bridgehead atoms. The Morgan fingerprint density at radius 1 is 1.04 bits per heavy atom. The van der Waals surface area contributed by atoms with Crippen LogP contribution in [0.25, 0.3) is 11.1 Å². The molecule has 2 heterocycles. The second kappa shape index (κ2) is 16.8. The van der Waals surface area contributed by atoms with Gasteiger partial charge in [0.2, 0.25) is 5.91 Å². The molecular weight excluding hydrogens is 710 g/mol. The number of aliphatic hydroxyl groups is 1. The lowest BCUT2D eigenvalue weighted by atomic mass is 9.99. The number of hydrogen-bond acceptors (Lipinski definition) is 6. The Kier molecular flexibility index (Phi) is 5.85. The Balaban J connectivity index is 1.57. The van der Waals surface area contributed by atoms with Gasteiger partial charge in [-0.05, 0) is 66.7 Å². The van der Waals surface area contributed by atoms with Gasteiger partial charge in [0.05, 0.1) is 47.3 Å². The quantitative estimate of drug-likeness (QED) is 0.146. The summed E-state index contributed by atoms with van der Waals surface area (Å²) in [6, 6.07) is -19.9. The first-order valence-corrected chi connectivity index (χ1v) is 16.5. The number of ether oxygens (including phenoxy) is 1. The van der Waals surface area contributed by atoms with Gasteiger partial charge in [-0.2, -0.15) is 13.2 Å². The molecule has 1 atom stereocenters. The van der Waals surface area contributed by atoms with Crippen molar-refractivity contribution in [3.8, 4) is 11.1 Å². The normalized spacial score (nSPS) is 24.4. The number of benzene rings is 4. The van der Waals surface area contributed by atoms with Crippen LogP contribution in [0, 0.1) is 18.6 Å². The lowest BCUT2D eigenvalue weighted by Gasteiger charge is -2.40. The Morgan fingerprint density at radius 2 is 1.74 bits per heavy atom. The van der Waals surface area contributed by atoms with E-state index in [1.807, 2.05) is 0 Å². The van der Waals surface area contributed by atoms with Gasteiger partial charge in [-0.3, -0.25) is 4.79 Å². The first kappa shape index (κ1) is 18.4. The summed E-state index contributed by atoms with van der Waals surface area (Å²) < 4.78 is 279. The average Bonchev–Trinajstić information content (AvgIpc) is 3.31. The molecule has 0 radical (unpaired) electrons. The molecule has 2 aliphatic heterocycles. The van der Waals surface area contributed by atoms with E-state index in [4.69, 9.17) is 30.2 Å². The number of hydrogen-bond donors (Lipinski definition) is 1. The third-order valence-corrected chi connectivity index (χ3v) is 8.90. The van der Waals surface area contributed by atoms with E-state index in [2.05, 4.69) is 4.74 Å². The zero-order chi connectivity index (χ0) is 58.6. The van der Waals surface area contributed by atoms with Crippen LogP contribution in [-0.2, 0) is 28.0 Å². The highest BCUT2D eigenvalue weighted by atomic mass is 32.2. The lowest BCUT2D eigenvalue weighted by Crippen LogP contribution is -2.50. The van der Waals surface area contributed by atoms with Crippen molar-refractivity contribution in [2.75, 3.05) is 44.6 Å². The highest BCUT2D eigenvalue weighted by Gasteiger charge is 2.33. The Morgan fingerprint density at radius 3 is 2.42 bits per heavy atom. The molecule has 0 spiro atoms. The molecule has 0 aromatic heterocycles. The predicted octanol–water partition coefficient (Wildman–Crippen LogP) is 8.73. The maximum atomic E-state index is 15.4. The number of piperidine rings is 1. The van der Waals surface area contributed by atoms with Crippen LogP contribution in [0.2, 0.25) is 0 Å². The van der Waals surface area contributed by atoms with Gasteiger partial charge in [0, 0.05) is 64.5 Å². The van der Waals surface area contributed by atoms with Crippen LogP contribution in [0.1, 0.15) is 79.7 Å². The Bertz CT molecular complexity index is 3050. The number of alkyl halides is 3. The van der Waals surface area contributed by atoms with E-state index >= 15 is 9.18 Å². The molecule has 6 nitrogen and oxygen atoms in total. The summed E-state index contributed by atoms with van der Waals surface area (Å²) in [6.07, 6.45) is -8.85. The number of carbonyl (C=O) groups excluding carboxylic acids is 1. The zero-order valence-corrected chi connectivity index (χ0v) is 28.1. The van der Waals surface area contributed by atoms with Crippen LogP contribution in [0.4, 0.5) is 27.6 Å². The van der Waals surface area contributed by atoms with Crippen LogP contribution in [0.3, 0.4) is 0 Å². The number of aliphatic hydroxyl groups excluding tert-OH is 1. The van der Waals surface area contributed by atoms with Crippen LogP contribution in [0.5, 0.6) is 0 Å². The van der Waals surface area contributed by atoms with Crippen molar-refractivity contribution in [1.82, 2.24) is 9.80 Å². The van der Waals surface area contributed by atoms with E-state index in [-0.39, 0.29) is 17.3 Å². The highest BCUT2D eigenvalue weighted by Crippen LogP contribution is 2.41. The largest absolute Gasteiger partial charge is 0.416 e. The van der Waals surface area contributed by atoms with Gasteiger partial charge in [-0.25, -0.2) is 8.78 Å². The monoisotopic (exact) mass is 775 g/mol. The first-order valence-electron chi connectivity index (χ1n) is 27.5. The van der Waals surface area contributed by atoms with E-state index in [9.17, 15) is 25.4 Å². The number of halogens is 5. The minimum absolute atomic E-state index is 0.216. The van der Waals surface area contributed by atoms with E-state index in [0.717, 1.165) is 4.90 Å². The van der Waals surface area contributed by atoms with E-state index in [1.165, 1.54) is 6.92 Å². The van der Waals surface area contributed by atoms with Gasteiger partial charge in [0.25, 0.3) is 0 Å². The number of rotatable bonds is 12. The number of anilines is 1. The summed E-state index contributed by atoms with van der Waals surface area (Å²) in [6.45, 7) is -12.1. The molecule has 1 amide bonds. The van der Waals surface area contributed by atoms with Crippen molar-refractivity contribution in [2.24, 2.45) is 0 Å². The summed E-state index contributed by atoms with van der Waals surface area (Å²) in [7, 11) is -3.47. The van der Waals surface area contributed by atoms with Crippen molar-refractivity contribution >= 4 is 23.4 Å². The van der Waals surface area contributed by atoms with E-state index in [0.29, 0.717) is 9.80 Å². The number of amides is 1. The van der Waals surface area contributed by atoms with Crippen molar-refractivity contribution < 1.29 is 69.5 Å². The zero-order valence-electron chi connectivity index (χ0n) is 51.3. The molecule has 1 saturated heterocycles. The average molecular weight is 776 g/mol. The van der Waals surface area contributed by atoms with Crippen molar-refractivity contribution in [2.45, 2.75) is 50.3 Å². The Labute approximate surface area is 344 Å². The van der Waals surface area contributed by atoms with Gasteiger partial charge in [-0.1, -0.05) is 66.0 Å². The molecule has 1 fully saturated rings. The summed E-state index contributed by atoms with van der Waals surface area (Å²) in [5.74, 6) is -6.06. The van der Waals surface area contributed by atoms with E-state index in [1.54, 1.807) is 0 Å². The molecule has 4 aromatic rings. The SMILES string of the molecule is [2H]C1=C(SCc2c([2H])c([2H])c([2H])c(F)c2F)N(CC(=O)N(C2CCN(C([2H])([2H])C([2H])([2H])OC([2H])([2H])[2H])CC2)C([2H])([2H])c2c([2H])c([2H])c(-c3c([2H])c([2H])c(C(F)(F)F)c([2H])c3[2H])c([2H])c2[2H])c2c([2H])c([2H])c(C)c([2H])c2C1O. The highest BCUT2D eigenvalue weighted by molar-refractivity contribution is 8.02. The minimum Gasteiger partial charge on any atom is -0.384 e. The second-order valence-corrected chi connectivity index (χ2v) is 12.3. The van der Waals surface area contributed by atoms with Crippen LogP contribution < -0.4 is 4.90 Å². The number of methoxy groups -OCH3 is 1. The maximum Gasteiger partial charge on any atom is 0.416 e. The molecule has 0 aliphatic carbocycles. The number of thioether (sulfide) groups is 1. The van der Waals surface area contributed by atoms with Crippen LogP contribution in [-0.4, -0.2) is 66.6 Å². The van der Waals surface area contributed by atoms with E-state index < -0.39 is 235 Å². The molecule has 2 aliphatic rings. The van der Waals surface area contributed by atoms with Crippen LogP contribution >= 0.6 is 11.8 Å². The Hall–Kier alpha value is -4.23. The molecule has 1 N–H and O–H groups in total. The molecule has 12 heteroatoms. The van der Waals surface area contributed by atoms with Crippen molar-refractivity contribution in [3.05, 3.63) is 135 Å². The fraction of sp³-hybridized carbons (Fsp3) is 0.341. The van der Waals surface area contributed by atoms with Gasteiger partial charge < -0.3 is 24.5 Å². The molecule has 6 rings (SSSR count). The first-order chi connectivity index (χ1) is 35.1. The summed E-state index contributed by atoms with van der Waals surface area (Å²) >= 11 is 0.279. The standard InChI is InChI=1S/C41H42F5N3O3S/c1-27-6-15-36-34(22-27)37(50)23-39(53-26-31-4-3-5-35(42)40(31)43)49(36)25-38(51)48(33-16-18-47(19-17-33)20-21-52-2)24-28-7-9-29(10-8-28)30-11-13-32(14-12-30)41(44,45)46/h3-15,22-23,33,37,50H,16-21,24-26H2,1-2H3/i2D3,3D,4D,5D,6D,7D,8D,9D,10D,11D,12D,13D,14D,15D,20D2,21D2,22D,23D,24D2.